The summed E-state index contributed by atoms with van der Waals surface area (Å²) in [5, 5.41) is 0. The van der Waals surface area contributed by atoms with E-state index in [-0.39, 0.29) is 0 Å². The molecule has 0 aliphatic heterocycles. The highest BCUT2D eigenvalue weighted by molar-refractivity contribution is 5.72. The van der Waals surface area contributed by atoms with Gasteiger partial charge in [0.2, 0.25) is 0 Å². The van der Waals surface area contributed by atoms with Gasteiger partial charge in [-0.1, -0.05) is 58.4 Å². The van der Waals surface area contributed by atoms with Crippen molar-refractivity contribution >= 4 is 6.29 Å². The fourth-order valence-electron chi connectivity index (χ4n) is 1.82. The van der Waals surface area contributed by atoms with Gasteiger partial charge in [0, 0.05) is 0 Å². The van der Waals surface area contributed by atoms with Gasteiger partial charge in [0.25, 0.3) is 0 Å². The zero-order chi connectivity index (χ0) is 12.1. The molecule has 0 spiro atoms. The first-order chi connectivity index (χ1) is 7.85. The molecule has 0 aliphatic rings. The number of carbonyl (C=O) groups is 1. The van der Waals surface area contributed by atoms with Gasteiger partial charge in [-0.05, 0) is 31.3 Å². The largest absolute Gasteiger partial charge is 0.298 e. The molecule has 0 heterocycles. The zero-order valence-electron chi connectivity index (χ0n) is 11.1. The van der Waals surface area contributed by atoms with Gasteiger partial charge < -0.3 is 0 Å². The van der Waals surface area contributed by atoms with Crippen LogP contribution in [0.5, 0.6) is 0 Å². The van der Waals surface area contributed by atoms with Crippen LogP contribution < -0.4 is 0 Å². The van der Waals surface area contributed by atoms with Gasteiger partial charge in [-0.3, -0.25) is 4.79 Å². The lowest BCUT2D eigenvalue weighted by Gasteiger charge is -2.00. The van der Waals surface area contributed by atoms with Gasteiger partial charge in [0.1, 0.15) is 6.29 Å². The third kappa shape index (κ3) is 9.95. The molecule has 0 radical (unpaired) electrons. The average molecular weight is 224 g/mol. The maximum atomic E-state index is 10.8. The van der Waals surface area contributed by atoms with E-state index in [4.69, 9.17) is 0 Å². The van der Waals surface area contributed by atoms with Crippen molar-refractivity contribution in [3.63, 3.8) is 0 Å². The van der Waals surface area contributed by atoms with Crippen LogP contribution >= 0.6 is 0 Å². The van der Waals surface area contributed by atoms with Crippen molar-refractivity contribution in [1.82, 2.24) is 0 Å². The fourth-order valence-corrected chi connectivity index (χ4v) is 1.82. The van der Waals surface area contributed by atoms with Crippen molar-refractivity contribution in [1.29, 1.82) is 0 Å². The monoisotopic (exact) mass is 224 g/mol. The summed E-state index contributed by atoms with van der Waals surface area (Å²) in [6.07, 6.45) is 15.4. The molecular formula is C15H28O. The van der Waals surface area contributed by atoms with Crippen molar-refractivity contribution in [3.05, 3.63) is 11.6 Å². The Hall–Kier alpha value is -0.590. The summed E-state index contributed by atoms with van der Waals surface area (Å²) in [6.45, 7) is 4.44. The molecule has 0 aromatic heterocycles. The first-order valence-electron chi connectivity index (χ1n) is 6.99. The van der Waals surface area contributed by atoms with E-state index < -0.39 is 0 Å². The van der Waals surface area contributed by atoms with E-state index in [1.54, 1.807) is 0 Å². The minimum atomic E-state index is 0.983. The van der Waals surface area contributed by atoms with Crippen LogP contribution in [0.1, 0.15) is 78.1 Å². The number of rotatable bonds is 11. The molecule has 0 saturated carbocycles. The van der Waals surface area contributed by atoms with Gasteiger partial charge in [-0.2, -0.15) is 0 Å². The predicted molar refractivity (Wildman–Crippen MR) is 71.7 cm³/mol. The van der Waals surface area contributed by atoms with Crippen LogP contribution in [-0.2, 0) is 4.79 Å². The highest BCUT2D eigenvalue weighted by Gasteiger charge is 1.95. The third-order valence-corrected chi connectivity index (χ3v) is 2.93. The molecule has 0 rings (SSSR count). The van der Waals surface area contributed by atoms with E-state index in [2.05, 4.69) is 19.9 Å². The van der Waals surface area contributed by atoms with Crippen LogP contribution in [-0.4, -0.2) is 6.29 Å². The van der Waals surface area contributed by atoms with Gasteiger partial charge in [0.05, 0.1) is 0 Å². The zero-order valence-corrected chi connectivity index (χ0v) is 11.1. The number of allylic oxidation sites excluding steroid dienone is 2. The minimum absolute atomic E-state index is 0.983. The summed E-state index contributed by atoms with van der Waals surface area (Å²) >= 11 is 0. The number of unbranched alkanes of at least 4 members (excludes halogenated alkanes) is 7. The van der Waals surface area contributed by atoms with Crippen LogP contribution in [0.4, 0.5) is 0 Å². The predicted octanol–water partition coefficient (Wildman–Crippen LogP) is 5.05. The maximum absolute atomic E-state index is 10.8. The van der Waals surface area contributed by atoms with Gasteiger partial charge >= 0.3 is 0 Å². The molecule has 1 nitrogen and oxygen atoms in total. The normalized spacial score (nSPS) is 11.8. The summed E-state index contributed by atoms with van der Waals surface area (Å²) in [5.41, 5.74) is 1.02. The Bertz CT molecular complexity index is 182. The van der Waals surface area contributed by atoms with E-state index in [0.717, 1.165) is 24.7 Å². The Balaban J connectivity index is 3.54. The molecule has 0 saturated heterocycles. The van der Waals surface area contributed by atoms with Crippen LogP contribution in [0, 0.1) is 0 Å². The van der Waals surface area contributed by atoms with Crippen LogP contribution in [0.3, 0.4) is 0 Å². The minimum Gasteiger partial charge on any atom is -0.298 e. The highest BCUT2D eigenvalue weighted by atomic mass is 16.1. The lowest BCUT2D eigenvalue weighted by Crippen LogP contribution is -1.87. The van der Waals surface area contributed by atoms with Crippen LogP contribution in [0.2, 0.25) is 0 Å². The topological polar surface area (TPSA) is 17.1 Å². The Morgan fingerprint density at radius 1 is 0.875 bits per heavy atom. The average Bonchev–Trinajstić information content (AvgIpc) is 2.31. The molecule has 0 fully saturated rings. The van der Waals surface area contributed by atoms with E-state index in [0.29, 0.717) is 0 Å². The summed E-state index contributed by atoms with van der Waals surface area (Å²) in [5.74, 6) is 0. The molecular weight excluding hydrogens is 196 g/mol. The maximum Gasteiger partial charge on any atom is 0.145 e. The van der Waals surface area contributed by atoms with Crippen molar-refractivity contribution < 1.29 is 4.79 Å². The second-order valence-corrected chi connectivity index (χ2v) is 4.56. The lowest BCUT2D eigenvalue weighted by atomic mass is 10.0. The Morgan fingerprint density at radius 2 is 1.50 bits per heavy atom. The fraction of sp³-hybridized carbons (Fsp3) is 0.800. The lowest BCUT2D eigenvalue weighted by molar-refractivity contribution is -0.105. The van der Waals surface area contributed by atoms with Crippen molar-refractivity contribution in [2.45, 2.75) is 78.1 Å². The van der Waals surface area contributed by atoms with Crippen molar-refractivity contribution in [3.8, 4) is 0 Å². The molecule has 0 unspecified atom stereocenters. The summed E-state index contributed by atoms with van der Waals surface area (Å²) in [7, 11) is 0. The number of hydrogen-bond donors (Lipinski definition) is 0. The van der Waals surface area contributed by atoms with E-state index >= 15 is 0 Å². The van der Waals surface area contributed by atoms with E-state index in [1.165, 1.54) is 51.4 Å². The smallest absolute Gasteiger partial charge is 0.145 e. The third-order valence-electron chi connectivity index (χ3n) is 2.93. The Labute approximate surface area is 101 Å². The summed E-state index contributed by atoms with van der Waals surface area (Å²) in [4.78, 5) is 10.8. The highest BCUT2D eigenvalue weighted by Crippen LogP contribution is 2.11. The number of carbonyl (C=O) groups excluding carboxylic acids is 1. The summed E-state index contributed by atoms with van der Waals surface area (Å²) in [6, 6.07) is 0. The quantitative estimate of drug-likeness (QED) is 0.272. The molecule has 0 N–H and O–H groups in total. The molecule has 94 valence electrons. The number of hydrogen-bond acceptors (Lipinski definition) is 1. The molecule has 0 aromatic rings. The summed E-state index contributed by atoms with van der Waals surface area (Å²) < 4.78 is 0. The molecule has 0 atom stereocenters. The van der Waals surface area contributed by atoms with Gasteiger partial charge in [-0.15, -0.1) is 0 Å². The molecule has 0 aromatic carbocycles. The van der Waals surface area contributed by atoms with Gasteiger partial charge in [0.15, 0.2) is 0 Å². The van der Waals surface area contributed by atoms with Crippen LogP contribution in [0.15, 0.2) is 11.6 Å². The first-order valence-corrected chi connectivity index (χ1v) is 6.99. The van der Waals surface area contributed by atoms with E-state index in [9.17, 15) is 4.79 Å². The molecule has 0 bridgehead atoms. The first kappa shape index (κ1) is 15.4. The van der Waals surface area contributed by atoms with Crippen molar-refractivity contribution in [2.24, 2.45) is 0 Å². The molecule has 1 heteroatoms. The number of aldehydes is 1. The molecule has 0 amide bonds. The Morgan fingerprint density at radius 3 is 2.06 bits per heavy atom. The molecule has 0 aliphatic carbocycles. The molecule has 16 heavy (non-hydrogen) atoms. The van der Waals surface area contributed by atoms with E-state index in [1.807, 2.05) is 0 Å². The SMILES string of the molecule is CCCCCC/C=C(\C=O)CCCCCC. The van der Waals surface area contributed by atoms with Crippen molar-refractivity contribution in [2.75, 3.05) is 0 Å². The van der Waals surface area contributed by atoms with Gasteiger partial charge in [-0.25, -0.2) is 0 Å². The Kier molecular flexibility index (Phi) is 12.0. The standard InChI is InChI=1S/C15H28O/c1-3-5-7-9-11-13-15(14-16)12-10-8-6-4-2/h13-14H,3-12H2,1-2H3/b15-13-. The van der Waals surface area contributed by atoms with Crippen LogP contribution in [0.25, 0.3) is 0 Å². The second kappa shape index (κ2) is 12.5. The second-order valence-electron chi connectivity index (χ2n) is 4.56.